The highest BCUT2D eigenvalue weighted by molar-refractivity contribution is 6.06. The largest absolute Gasteiger partial charge is 0.496 e. The first-order valence-electron chi connectivity index (χ1n) is 14.3. The van der Waals surface area contributed by atoms with Gasteiger partial charge in [-0.25, -0.2) is 0 Å². The van der Waals surface area contributed by atoms with Crippen LogP contribution in [0.4, 0.5) is 5.69 Å². The van der Waals surface area contributed by atoms with E-state index in [9.17, 15) is 14.4 Å². The zero-order valence-corrected chi connectivity index (χ0v) is 24.1. The molecule has 1 N–H and O–H groups in total. The molecule has 5 rings (SSSR count). The van der Waals surface area contributed by atoms with E-state index < -0.39 is 0 Å². The zero-order valence-electron chi connectivity index (χ0n) is 24.1. The van der Waals surface area contributed by atoms with Crippen LogP contribution in [0.5, 0.6) is 11.5 Å². The standard InChI is InChI=1S/C31H39N5O5/c1-33-16-18-34(19-17-33)14-11-27(37)32-29-24-10-15-36(31(39)28(24)25(40-2)21-26(29)41-3)23-9-7-8-22(20-23)30(38)35-12-5-4-6-13-35/h7-10,15,20-21H,4-6,11-14,16-19H2,1-3H3,(H,32,37). The number of benzene rings is 2. The van der Waals surface area contributed by atoms with Crippen molar-refractivity contribution in [2.75, 3.05) is 72.4 Å². The molecule has 2 aromatic carbocycles. The number of nitrogens with zero attached hydrogens (tertiary/aromatic N) is 4. The minimum absolute atomic E-state index is 0.0238. The fraction of sp³-hybridized carbons (Fsp3) is 0.452. The molecule has 2 aliphatic heterocycles. The van der Waals surface area contributed by atoms with E-state index in [0.717, 1.165) is 58.5 Å². The predicted molar refractivity (Wildman–Crippen MR) is 160 cm³/mol. The van der Waals surface area contributed by atoms with Gasteiger partial charge in [-0.2, -0.15) is 0 Å². The minimum atomic E-state index is -0.322. The lowest BCUT2D eigenvalue weighted by molar-refractivity contribution is -0.116. The summed E-state index contributed by atoms with van der Waals surface area (Å²) in [6.45, 7) is 6.01. The first kappa shape index (κ1) is 28.6. The molecule has 0 aliphatic carbocycles. The quantitative estimate of drug-likeness (QED) is 0.451. The number of aromatic nitrogens is 1. The number of hydrogen-bond acceptors (Lipinski definition) is 7. The summed E-state index contributed by atoms with van der Waals surface area (Å²) >= 11 is 0. The van der Waals surface area contributed by atoms with Gasteiger partial charge in [0.25, 0.3) is 11.5 Å². The molecule has 2 saturated heterocycles. The van der Waals surface area contributed by atoms with Gasteiger partial charge >= 0.3 is 0 Å². The molecule has 0 bridgehead atoms. The van der Waals surface area contributed by atoms with Crippen LogP contribution >= 0.6 is 0 Å². The molecular weight excluding hydrogens is 522 g/mol. The molecule has 0 radical (unpaired) electrons. The Morgan fingerprint density at radius 1 is 0.902 bits per heavy atom. The van der Waals surface area contributed by atoms with Gasteiger partial charge in [0.05, 0.1) is 25.3 Å². The maximum Gasteiger partial charge on any atom is 0.266 e. The average Bonchev–Trinajstić information content (AvgIpc) is 3.01. The summed E-state index contributed by atoms with van der Waals surface area (Å²) in [6, 6.07) is 10.5. The molecule has 3 heterocycles. The van der Waals surface area contributed by atoms with Crippen LogP contribution in [0.25, 0.3) is 16.5 Å². The number of carbonyl (C=O) groups excluding carboxylic acids is 2. The van der Waals surface area contributed by atoms with Gasteiger partial charge in [0.15, 0.2) is 0 Å². The molecule has 41 heavy (non-hydrogen) atoms. The summed E-state index contributed by atoms with van der Waals surface area (Å²) in [5.74, 6) is 0.576. The SMILES string of the molecule is COc1cc(OC)c2c(=O)n(-c3cccc(C(=O)N4CCCCC4)c3)ccc2c1NC(=O)CCN1CCN(C)CC1. The van der Waals surface area contributed by atoms with Gasteiger partial charge in [-0.3, -0.25) is 19.0 Å². The van der Waals surface area contributed by atoms with E-state index in [-0.39, 0.29) is 17.4 Å². The van der Waals surface area contributed by atoms with Crippen molar-refractivity contribution < 1.29 is 19.1 Å². The fourth-order valence-electron chi connectivity index (χ4n) is 5.63. The number of likely N-dealkylation sites (tertiary alicyclic amines) is 1. The second kappa shape index (κ2) is 12.7. The highest BCUT2D eigenvalue weighted by atomic mass is 16.5. The van der Waals surface area contributed by atoms with E-state index in [0.29, 0.717) is 52.2 Å². The third-order valence-corrected chi connectivity index (χ3v) is 8.09. The third kappa shape index (κ3) is 6.23. The molecule has 0 atom stereocenters. The van der Waals surface area contributed by atoms with Crippen molar-refractivity contribution in [3.63, 3.8) is 0 Å². The Kier molecular flexibility index (Phi) is 8.90. The molecule has 10 nitrogen and oxygen atoms in total. The maximum absolute atomic E-state index is 13.9. The van der Waals surface area contributed by atoms with Crippen LogP contribution in [0, 0.1) is 0 Å². The highest BCUT2D eigenvalue weighted by Gasteiger charge is 2.22. The van der Waals surface area contributed by atoms with E-state index in [1.807, 2.05) is 4.90 Å². The summed E-state index contributed by atoms with van der Waals surface area (Å²) in [5.41, 5.74) is 1.24. The van der Waals surface area contributed by atoms with Gasteiger partial charge in [0.2, 0.25) is 5.91 Å². The van der Waals surface area contributed by atoms with Crippen molar-refractivity contribution in [2.24, 2.45) is 0 Å². The number of carbonyl (C=O) groups is 2. The van der Waals surface area contributed by atoms with Crippen molar-refractivity contribution in [3.8, 4) is 17.2 Å². The van der Waals surface area contributed by atoms with E-state index in [1.165, 1.54) is 18.8 Å². The molecule has 2 fully saturated rings. The molecule has 0 unspecified atom stereocenters. The highest BCUT2D eigenvalue weighted by Crippen LogP contribution is 2.38. The molecule has 10 heteroatoms. The lowest BCUT2D eigenvalue weighted by atomic mass is 10.1. The number of piperidine rings is 1. The second-order valence-corrected chi connectivity index (χ2v) is 10.8. The van der Waals surface area contributed by atoms with Crippen LogP contribution in [-0.4, -0.2) is 98.2 Å². The first-order chi connectivity index (χ1) is 19.9. The van der Waals surface area contributed by atoms with Gasteiger partial charge in [-0.15, -0.1) is 0 Å². The molecule has 2 amide bonds. The smallest absolute Gasteiger partial charge is 0.266 e. The summed E-state index contributed by atoms with van der Waals surface area (Å²) in [4.78, 5) is 46.5. The summed E-state index contributed by atoms with van der Waals surface area (Å²) < 4.78 is 12.7. The van der Waals surface area contributed by atoms with Crippen LogP contribution < -0.4 is 20.3 Å². The average molecular weight is 562 g/mol. The van der Waals surface area contributed by atoms with Gasteiger partial charge in [0, 0.05) is 81.1 Å². The van der Waals surface area contributed by atoms with Crippen molar-refractivity contribution in [2.45, 2.75) is 25.7 Å². The number of amides is 2. The number of likely N-dealkylation sites (N-methyl/N-ethyl adjacent to an activating group) is 1. The van der Waals surface area contributed by atoms with Crippen LogP contribution in [-0.2, 0) is 4.79 Å². The molecule has 218 valence electrons. The molecule has 0 saturated carbocycles. The Bertz CT molecular complexity index is 1470. The summed E-state index contributed by atoms with van der Waals surface area (Å²) in [7, 11) is 5.12. The van der Waals surface area contributed by atoms with Crippen molar-refractivity contribution in [1.82, 2.24) is 19.3 Å². The van der Waals surface area contributed by atoms with E-state index in [4.69, 9.17) is 9.47 Å². The predicted octanol–water partition coefficient (Wildman–Crippen LogP) is 3.21. The topological polar surface area (TPSA) is 96.3 Å². The zero-order chi connectivity index (χ0) is 28.9. The fourth-order valence-corrected chi connectivity index (χ4v) is 5.63. The van der Waals surface area contributed by atoms with Gasteiger partial charge in [-0.1, -0.05) is 6.07 Å². The lowest BCUT2D eigenvalue weighted by Crippen LogP contribution is -2.45. The molecule has 3 aromatic rings. The van der Waals surface area contributed by atoms with Crippen molar-refractivity contribution >= 4 is 28.3 Å². The number of rotatable bonds is 8. The Morgan fingerprint density at radius 3 is 2.34 bits per heavy atom. The number of nitrogens with one attached hydrogen (secondary N) is 1. The van der Waals surface area contributed by atoms with Crippen molar-refractivity contribution in [3.05, 3.63) is 58.5 Å². The van der Waals surface area contributed by atoms with Crippen LogP contribution in [0.1, 0.15) is 36.0 Å². The van der Waals surface area contributed by atoms with Crippen LogP contribution in [0.2, 0.25) is 0 Å². The normalized spacial score (nSPS) is 16.5. The van der Waals surface area contributed by atoms with Gasteiger partial charge < -0.3 is 29.5 Å². The van der Waals surface area contributed by atoms with Gasteiger partial charge in [0.1, 0.15) is 11.5 Å². The molecular formula is C31H39N5O5. The maximum atomic E-state index is 13.9. The Morgan fingerprint density at radius 2 is 1.63 bits per heavy atom. The molecule has 1 aromatic heterocycles. The number of methoxy groups -OCH3 is 2. The number of ether oxygens (including phenoxy) is 2. The molecule has 2 aliphatic rings. The van der Waals surface area contributed by atoms with Crippen molar-refractivity contribution in [1.29, 1.82) is 0 Å². The third-order valence-electron chi connectivity index (χ3n) is 8.09. The number of fused-ring (bicyclic) bond motifs is 1. The Hall–Kier alpha value is -3.89. The second-order valence-electron chi connectivity index (χ2n) is 10.8. The Labute approximate surface area is 240 Å². The van der Waals surface area contributed by atoms with E-state index in [2.05, 4.69) is 22.2 Å². The lowest BCUT2D eigenvalue weighted by Gasteiger charge is -2.32. The van der Waals surface area contributed by atoms with Crippen LogP contribution in [0.15, 0.2) is 47.4 Å². The number of hydrogen-bond donors (Lipinski definition) is 1. The summed E-state index contributed by atoms with van der Waals surface area (Å²) in [6.07, 6.45) is 5.14. The summed E-state index contributed by atoms with van der Waals surface area (Å²) in [5, 5.41) is 3.84. The van der Waals surface area contributed by atoms with E-state index in [1.54, 1.807) is 42.6 Å². The van der Waals surface area contributed by atoms with E-state index >= 15 is 0 Å². The first-order valence-corrected chi connectivity index (χ1v) is 14.3. The Balaban J connectivity index is 1.45. The minimum Gasteiger partial charge on any atom is -0.496 e. The van der Waals surface area contributed by atoms with Crippen LogP contribution in [0.3, 0.4) is 0 Å². The monoisotopic (exact) mass is 561 g/mol. The number of anilines is 1. The number of piperazine rings is 1. The van der Waals surface area contributed by atoms with Gasteiger partial charge in [-0.05, 0) is 50.6 Å². The molecule has 0 spiro atoms. The number of pyridine rings is 1.